The van der Waals surface area contributed by atoms with Crippen LogP contribution in [0.1, 0.15) is 18.1 Å². The summed E-state index contributed by atoms with van der Waals surface area (Å²) in [7, 11) is 1.52. The minimum Gasteiger partial charge on any atom is -0.496 e. The molecule has 2 aromatic carbocycles. The lowest BCUT2D eigenvalue weighted by atomic mass is 10.0. The second-order valence-corrected chi connectivity index (χ2v) is 5.49. The average molecular weight is 334 g/mol. The number of methoxy groups -OCH3 is 1. The van der Waals surface area contributed by atoms with Crippen molar-refractivity contribution in [2.45, 2.75) is 26.0 Å². The molecular weight excluding hydrogens is 315 g/mol. The maximum absolute atomic E-state index is 13.3. The van der Waals surface area contributed by atoms with Gasteiger partial charge in [-0.25, -0.2) is 4.39 Å². The molecule has 7 heteroatoms. The summed E-state index contributed by atoms with van der Waals surface area (Å²) in [4.78, 5) is 10.4. The first-order valence-corrected chi connectivity index (χ1v) is 7.39. The molecule has 0 saturated heterocycles. The number of nitrogens with zero attached hydrogens (tertiary/aromatic N) is 1. The summed E-state index contributed by atoms with van der Waals surface area (Å²) in [5.74, 6) is -0.143. The number of hydrogen-bond donors (Lipinski definition) is 1. The molecule has 128 valence electrons. The van der Waals surface area contributed by atoms with Crippen LogP contribution in [-0.4, -0.2) is 18.1 Å². The summed E-state index contributed by atoms with van der Waals surface area (Å²) in [6.45, 7) is 1.91. The Labute approximate surface area is 139 Å². The highest BCUT2D eigenvalue weighted by molar-refractivity contribution is 5.46. The van der Waals surface area contributed by atoms with E-state index in [1.54, 1.807) is 6.07 Å². The molecule has 2 N–H and O–H groups in total. The zero-order valence-electron chi connectivity index (χ0n) is 13.5. The predicted molar refractivity (Wildman–Crippen MR) is 87.7 cm³/mol. The quantitative estimate of drug-likeness (QED) is 0.620. The van der Waals surface area contributed by atoms with Crippen molar-refractivity contribution in [2.24, 2.45) is 5.73 Å². The van der Waals surface area contributed by atoms with E-state index in [9.17, 15) is 14.5 Å². The normalized spacial score (nSPS) is 11.8. The molecule has 0 spiro atoms. The highest BCUT2D eigenvalue weighted by atomic mass is 19.1. The SMILES string of the molecule is COc1ccc(CC(C)N)cc1COc1cc(F)ccc1[N+](=O)[O-]. The van der Waals surface area contributed by atoms with Crippen LogP contribution in [0.3, 0.4) is 0 Å². The number of halogens is 1. The van der Waals surface area contributed by atoms with Crippen LogP contribution < -0.4 is 15.2 Å². The Morgan fingerprint density at radius 1 is 1.25 bits per heavy atom. The van der Waals surface area contributed by atoms with Crippen molar-refractivity contribution in [3.63, 3.8) is 0 Å². The minimum atomic E-state index is -0.613. The van der Waals surface area contributed by atoms with E-state index in [-0.39, 0.29) is 24.1 Å². The Bertz CT molecular complexity index is 735. The molecule has 0 aliphatic carbocycles. The first kappa shape index (κ1) is 17.7. The molecule has 0 saturated carbocycles. The molecule has 0 heterocycles. The number of ether oxygens (including phenoxy) is 2. The van der Waals surface area contributed by atoms with Gasteiger partial charge in [-0.3, -0.25) is 10.1 Å². The van der Waals surface area contributed by atoms with Crippen LogP contribution in [0, 0.1) is 15.9 Å². The Morgan fingerprint density at radius 2 is 2.00 bits per heavy atom. The maximum Gasteiger partial charge on any atom is 0.311 e. The van der Waals surface area contributed by atoms with Gasteiger partial charge in [0, 0.05) is 23.7 Å². The Balaban J connectivity index is 2.25. The molecule has 1 unspecified atom stereocenters. The number of nitrogens with two attached hydrogens (primary N) is 1. The van der Waals surface area contributed by atoms with Crippen molar-refractivity contribution in [3.05, 3.63) is 63.5 Å². The molecule has 0 fully saturated rings. The van der Waals surface area contributed by atoms with Gasteiger partial charge < -0.3 is 15.2 Å². The second kappa shape index (κ2) is 7.74. The number of hydrogen-bond acceptors (Lipinski definition) is 5. The summed E-state index contributed by atoms with van der Waals surface area (Å²) in [5, 5.41) is 11.0. The van der Waals surface area contributed by atoms with Crippen molar-refractivity contribution in [3.8, 4) is 11.5 Å². The first-order valence-electron chi connectivity index (χ1n) is 7.39. The number of nitro groups is 1. The van der Waals surface area contributed by atoms with Gasteiger partial charge in [-0.2, -0.15) is 0 Å². The summed E-state index contributed by atoms with van der Waals surface area (Å²) in [6, 6.07) is 8.65. The summed E-state index contributed by atoms with van der Waals surface area (Å²) < 4.78 is 24.1. The number of rotatable bonds is 7. The summed E-state index contributed by atoms with van der Waals surface area (Å²) >= 11 is 0. The average Bonchev–Trinajstić information content (AvgIpc) is 2.52. The van der Waals surface area contributed by atoms with Gasteiger partial charge in [-0.1, -0.05) is 6.07 Å². The second-order valence-electron chi connectivity index (χ2n) is 5.49. The fourth-order valence-corrected chi connectivity index (χ4v) is 2.35. The van der Waals surface area contributed by atoms with Crippen LogP contribution in [0.4, 0.5) is 10.1 Å². The van der Waals surface area contributed by atoms with E-state index < -0.39 is 10.7 Å². The van der Waals surface area contributed by atoms with E-state index in [0.29, 0.717) is 17.7 Å². The Morgan fingerprint density at radius 3 is 2.62 bits per heavy atom. The number of nitro benzene ring substituents is 1. The van der Waals surface area contributed by atoms with E-state index in [1.165, 1.54) is 7.11 Å². The topological polar surface area (TPSA) is 87.6 Å². The standard InChI is InChI=1S/C17H19FN2O4/c1-11(19)7-12-3-6-16(23-2)13(8-12)10-24-17-9-14(18)4-5-15(17)20(21)22/h3-6,8-9,11H,7,10,19H2,1-2H3. The van der Waals surface area contributed by atoms with E-state index in [4.69, 9.17) is 15.2 Å². The Kier molecular flexibility index (Phi) is 5.70. The molecule has 0 bridgehead atoms. The lowest BCUT2D eigenvalue weighted by Crippen LogP contribution is -2.17. The minimum absolute atomic E-state index is 0.00327. The third-order valence-electron chi connectivity index (χ3n) is 3.40. The van der Waals surface area contributed by atoms with E-state index >= 15 is 0 Å². The van der Waals surface area contributed by atoms with Crippen LogP contribution >= 0.6 is 0 Å². The molecule has 24 heavy (non-hydrogen) atoms. The molecule has 0 radical (unpaired) electrons. The highest BCUT2D eigenvalue weighted by Gasteiger charge is 2.17. The van der Waals surface area contributed by atoms with Crippen LogP contribution in [0.2, 0.25) is 0 Å². The Hall–Kier alpha value is -2.67. The molecule has 1 atom stereocenters. The van der Waals surface area contributed by atoms with Gasteiger partial charge in [0.2, 0.25) is 0 Å². The van der Waals surface area contributed by atoms with Gasteiger partial charge in [0.05, 0.1) is 12.0 Å². The smallest absolute Gasteiger partial charge is 0.311 e. The third kappa shape index (κ3) is 4.42. The molecule has 6 nitrogen and oxygen atoms in total. The summed E-state index contributed by atoms with van der Waals surface area (Å²) in [5.41, 5.74) is 7.21. The monoisotopic (exact) mass is 334 g/mol. The molecule has 2 rings (SSSR count). The van der Waals surface area contributed by atoms with Gasteiger partial charge in [0.25, 0.3) is 0 Å². The van der Waals surface area contributed by atoms with Gasteiger partial charge in [-0.15, -0.1) is 0 Å². The van der Waals surface area contributed by atoms with Crippen LogP contribution in [0.25, 0.3) is 0 Å². The molecule has 2 aromatic rings. The van der Waals surface area contributed by atoms with Gasteiger partial charge >= 0.3 is 5.69 Å². The lowest BCUT2D eigenvalue weighted by Gasteiger charge is -2.13. The summed E-state index contributed by atoms with van der Waals surface area (Å²) in [6.07, 6.45) is 0.678. The molecular formula is C17H19FN2O4. The van der Waals surface area contributed by atoms with Crippen molar-refractivity contribution < 1.29 is 18.8 Å². The molecule has 0 aromatic heterocycles. The van der Waals surface area contributed by atoms with Crippen molar-refractivity contribution in [1.29, 1.82) is 0 Å². The van der Waals surface area contributed by atoms with Gasteiger partial charge in [0.1, 0.15) is 18.2 Å². The zero-order valence-corrected chi connectivity index (χ0v) is 13.5. The van der Waals surface area contributed by atoms with Crippen molar-refractivity contribution >= 4 is 5.69 Å². The van der Waals surface area contributed by atoms with Crippen molar-refractivity contribution in [1.82, 2.24) is 0 Å². The fourth-order valence-electron chi connectivity index (χ4n) is 2.35. The van der Waals surface area contributed by atoms with E-state index in [1.807, 2.05) is 19.1 Å². The molecule has 0 aliphatic heterocycles. The predicted octanol–water partition coefficient (Wildman–Crippen LogP) is 3.21. The third-order valence-corrected chi connectivity index (χ3v) is 3.40. The van der Waals surface area contributed by atoms with Crippen LogP contribution in [0.15, 0.2) is 36.4 Å². The van der Waals surface area contributed by atoms with E-state index in [0.717, 1.165) is 23.8 Å². The van der Waals surface area contributed by atoms with Crippen LogP contribution in [-0.2, 0) is 13.0 Å². The first-order chi connectivity index (χ1) is 11.4. The van der Waals surface area contributed by atoms with Crippen molar-refractivity contribution in [2.75, 3.05) is 7.11 Å². The van der Waals surface area contributed by atoms with Gasteiger partial charge in [0.15, 0.2) is 5.75 Å². The van der Waals surface area contributed by atoms with E-state index in [2.05, 4.69) is 0 Å². The fraction of sp³-hybridized carbons (Fsp3) is 0.294. The molecule has 0 amide bonds. The molecule has 0 aliphatic rings. The zero-order chi connectivity index (χ0) is 17.7. The highest BCUT2D eigenvalue weighted by Crippen LogP contribution is 2.29. The largest absolute Gasteiger partial charge is 0.496 e. The van der Waals surface area contributed by atoms with Gasteiger partial charge in [-0.05, 0) is 37.1 Å². The van der Waals surface area contributed by atoms with Crippen LogP contribution in [0.5, 0.6) is 11.5 Å². The number of benzene rings is 2. The lowest BCUT2D eigenvalue weighted by molar-refractivity contribution is -0.386. The maximum atomic E-state index is 13.3.